The quantitative estimate of drug-likeness (QED) is 0.728. The van der Waals surface area contributed by atoms with Crippen molar-refractivity contribution in [1.29, 1.82) is 0 Å². The lowest BCUT2D eigenvalue weighted by Crippen LogP contribution is -2.38. The molecule has 1 aliphatic carbocycles. The van der Waals surface area contributed by atoms with Gasteiger partial charge in [0.1, 0.15) is 0 Å². The van der Waals surface area contributed by atoms with Crippen LogP contribution in [0.5, 0.6) is 0 Å². The summed E-state index contributed by atoms with van der Waals surface area (Å²) in [5.41, 5.74) is 5.11. The van der Waals surface area contributed by atoms with Crippen molar-refractivity contribution in [2.75, 3.05) is 5.32 Å². The maximum Gasteiger partial charge on any atom is 0.246 e. The van der Waals surface area contributed by atoms with E-state index in [0.717, 1.165) is 19.4 Å². The molecule has 0 aromatic carbocycles. The Hall–Kier alpha value is -1.36. The minimum Gasteiger partial charge on any atom is -0.317 e. The standard InChI is InChI=1S/C9H14N4O/c1-2-13-6-5-11-8(13)12-7(14)9(10)3-4-9/h5-6H,2-4,10H2,1H3,(H,11,12,14). The van der Waals surface area contributed by atoms with Gasteiger partial charge in [-0.05, 0) is 19.8 Å². The van der Waals surface area contributed by atoms with Gasteiger partial charge >= 0.3 is 0 Å². The van der Waals surface area contributed by atoms with Crippen LogP contribution in [0.2, 0.25) is 0 Å². The number of aryl methyl sites for hydroxylation is 1. The summed E-state index contributed by atoms with van der Waals surface area (Å²) in [4.78, 5) is 15.6. The molecule has 3 N–H and O–H groups in total. The molecule has 14 heavy (non-hydrogen) atoms. The summed E-state index contributed by atoms with van der Waals surface area (Å²) in [6.45, 7) is 2.78. The van der Waals surface area contributed by atoms with Gasteiger partial charge in [-0.2, -0.15) is 0 Å². The van der Waals surface area contributed by atoms with Gasteiger partial charge in [0.15, 0.2) is 0 Å². The summed E-state index contributed by atoms with van der Waals surface area (Å²) >= 11 is 0. The molecule has 1 aromatic rings. The minimum absolute atomic E-state index is 0.126. The van der Waals surface area contributed by atoms with E-state index in [1.54, 1.807) is 6.20 Å². The number of nitrogens with zero attached hydrogens (tertiary/aromatic N) is 2. The molecule has 1 fully saturated rings. The Morgan fingerprint density at radius 1 is 1.79 bits per heavy atom. The number of hydrogen-bond donors (Lipinski definition) is 2. The van der Waals surface area contributed by atoms with Crippen LogP contribution >= 0.6 is 0 Å². The third kappa shape index (κ3) is 1.50. The third-order valence-electron chi connectivity index (χ3n) is 2.52. The number of carbonyl (C=O) groups excluding carboxylic acids is 1. The predicted molar refractivity (Wildman–Crippen MR) is 52.7 cm³/mol. The summed E-state index contributed by atoms with van der Waals surface area (Å²) in [5.74, 6) is 0.452. The lowest BCUT2D eigenvalue weighted by Gasteiger charge is -2.10. The largest absolute Gasteiger partial charge is 0.317 e. The maximum atomic E-state index is 11.6. The van der Waals surface area contributed by atoms with Gasteiger partial charge in [0, 0.05) is 18.9 Å². The highest BCUT2D eigenvalue weighted by atomic mass is 16.2. The summed E-state index contributed by atoms with van der Waals surface area (Å²) in [6.07, 6.45) is 5.03. The third-order valence-corrected chi connectivity index (χ3v) is 2.52. The monoisotopic (exact) mass is 194 g/mol. The smallest absolute Gasteiger partial charge is 0.246 e. The molecule has 0 spiro atoms. The molecule has 76 valence electrons. The van der Waals surface area contributed by atoms with Crippen LogP contribution < -0.4 is 11.1 Å². The van der Waals surface area contributed by atoms with E-state index in [9.17, 15) is 4.79 Å². The van der Waals surface area contributed by atoms with Crippen molar-refractivity contribution in [3.8, 4) is 0 Å². The second-order valence-electron chi connectivity index (χ2n) is 3.65. The highest BCUT2D eigenvalue weighted by Gasteiger charge is 2.46. The molecule has 1 amide bonds. The van der Waals surface area contributed by atoms with Crippen molar-refractivity contribution in [3.05, 3.63) is 12.4 Å². The first kappa shape index (κ1) is 9.21. The highest BCUT2D eigenvalue weighted by molar-refractivity contribution is 5.98. The molecule has 0 saturated heterocycles. The Bertz CT molecular complexity index is 353. The number of hydrogen-bond acceptors (Lipinski definition) is 3. The zero-order valence-corrected chi connectivity index (χ0v) is 8.16. The molecular weight excluding hydrogens is 180 g/mol. The molecule has 5 heteroatoms. The van der Waals surface area contributed by atoms with E-state index in [4.69, 9.17) is 5.73 Å². The van der Waals surface area contributed by atoms with Crippen LogP contribution in [0.25, 0.3) is 0 Å². The summed E-state index contributed by atoms with van der Waals surface area (Å²) in [7, 11) is 0. The molecule has 0 aliphatic heterocycles. The number of anilines is 1. The summed E-state index contributed by atoms with van der Waals surface area (Å²) < 4.78 is 1.86. The van der Waals surface area contributed by atoms with Crippen LogP contribution in [0.15, 0.2) is 12.4 Å². The van der Waals surface area contributed by atoms with Crippen molar-refractivity contribution < 1.29 is 4.79 Å². The van der Waals surface area contributed by atoms with Gasteiger partial charge in [-0.25, -0.2) is 4.98 Å². The zero-order valence-electron chi connectivity index (χ0n) is 8.16. The van der Waals surface area contributed by atoms with Crippen LogP contribution in [0.1, 0.15) is 19.8 Å². The van der Waals surface area contributed by atoms with Gasteiger partial charge in [0.2, 0.25) is 11.9 Å². The summed E-state index contributed by atoms with van der Waals surface area (Å²) in [6, 6.07) is 0. The SMILES string of the molecule is CCn1ccnc1NC(=O)C1(N)CC1. The van der Waals surface area contributed by atoms with Crippen molar-refractivity contribution >= 4 is 11.9 Å². The maximum absolute atomic E-state index is 11.6. The van der Waals surface area contributed by atoms with E-state index in [0.29, 0.717) is 5.95 Å². The van der Waals surface area contributed by atoms with Crippen molar-refractivity contribution in [3.63, 3.8) is 0 Å². The molecule has 1 saturated carbocycles. The normalized spacial score (nSPS) is 17.9. The van der Waals surface area contributed by atoms with Gasteiger partial charge in [0.05, 0.1) is 5.54 Å². The van der Waals surface area contributed by atoms with E-state index in [1.807, 2.05) is 17.7 Å². The second-order valence-corrected chi connectivity index (χ2v) is 3.65. The number of nitrogens with one attached hydrogen (secondary N) is 1. The van der Waals surface area contributed by atoms with E-state index in [1.165, 1.54) is 0 Å². The molecule has 1 heterocycles. The molecule has 1 aliphatic rings. The van der Waals surface area contributed by atoms with Crippen LogP contribution in [0.4, 0.5) is 5.95 Å². The Labute approximate surface area is 82.3 Å². The van der Waals surface area contributed by atoms with Gasteiger partial charge in [0.25, 0.3) is 0 Å². The Kier molecular flexibility index (Phi) is 2.03. The fraction of sp³-hybridized carbons (Fsp3) is 0.556. The Morgan fingerprint density at radius 2 is 2.50 bits per heavy atom. The average Bonchev–Trinajstić information content (AvgIpc) is 2.78. The van der Waals surface area contributed by atoms with E-state index in [2.05, 4.69) is 10.3 Å². The number of rotatable bonds is 3. The van der Waals surface area contributed by atoms with Crippen LogP contribution in [-0.4, -0.2) is 21.0 Å². The van der Waals surface area contributed by atoms with Crippen LogP contribution in [-0.2, 0) is 11.3 Å². The Balaban J connectivity index is 2.07. The minimum atomic E-state index is -0.634. The fourth-order valence-corrected chi connectivity index (χ4v) is 1.28. The van der Waals surface area contributed by atoms with E-state index in [-0.39, 0.29) is 5.91 Å². The van der Waals surface area contributed by atoms with E-state index < -0.39 is 5.54 Å². The van der Waals surface area contributed by atoms with Crippen LogP contribution in [0, 0.1) is 0 Å². The highest BCUT2D eigenvalue weighted by Crippen LogP contribution is 2.33. The van der Waals surface area contributed by atoms with Crippen molar-refractivity contribution in [2.24, 2.45) is 5.73 Å². The number of carbonyl (C=O) groups is 1. The number of aromatic nitrogens is 2. The first-order valence-corrected chi connectivity index (χ1v) is 4.77. The fourth-order valence-electron chi connectivity index (χ4n) is 1.28. The van der Waals surface area contributed by atoms with Crippen LogP contribution in [0.3, 0.4) is 0 Å². The molecule has 5 nitrogen and oxygen atoms in total. The number of nitrogens with two attached hydrogens (primary N) is 1. The lowest BCUT2D eigenvalue weighted by atomic mass is 10.3. The zero-order chi connectivity index (χ0) is 10.2. The molecule has 0 radical (unpaired) electrons. The van der Waals surface area contributed by atoms with Gasteiger partial charge in [-0.1, -0.05) is 0 Å². The van der Waals surface area contributed by atoms with Gasteiger partial charge in [-0.15, -0.1) is 0 Å². The average molecular weight is 194 g/mol. The molecule has 0 atom stereocenters. The summed E-state index contributed by atoms with van der Waals surface area (Å²) in [5, 5.41) is 2.73. The molecule has 2 rings (SSSR count). The first-order chi connectivity index (χ1) is 6.65. The molecule has 0 unspecified atom stereocenters. The molecular formula is C9H14N4O. The van der Waals surface area contributed by atoms with Crippen molar-refractivity contribution in [1.82, 2.24) is 9.55 Å². The topological polar surface area (TPSA) is 72.9 Å². The van der Waals surface area contributed by atoms with Gasteiger partial charge < -0.3 is 10.3 Å². The molecule has 1 aromatic heterocycles. The van der Waals surface area contributed by atoms with E-state index >= 15 is 0 Å². The molecule has 0 bridgehead atoms. The lowest BCUT2D eigenvalue weighted by molar-refractivity contribution is -0.118. The first-order valence-electron chi connectivity index (χ1n) is 4.77. The number of imidazole rings is 1. The Morgan fingerprint density at radius 3 is 3.07 bits per heavy atom. The van der Waals surface area contributed by atoms with Crippen molar-refractivity contribution in [2.45, 2.75) is 31.8 Å². The number of amides is 1. The predicted octanol–water partition coefficient (Wildman–Crippen LogP) is 0.333. The second kappa shape index (κ2) is 3.09. The van der Waals surface area contributed by atoms with Gasteiger partial charge in [-0.3, -0.25) is 10.1 Å².